The van der Waals surface area contributed by atoms with Crippen LogP contribution < -0.4 is 14.8 Å². The number of ether oxygens (including phenoxy) is 2. The standard InChI is InChI=1S/C19H27N3O4/c1-21-8-10-22(11-9-21)19(24)17-13-16(17)18(23)20-7-12-26-15-5-3-14(25-2)4-6-15/h3-6,16-17H,7-13H2,1-2H3,(H,20,23). The lowest BCUT2D eigenvalue weighted by molar-refractivity contribution is -0.136. The number of hydrogen-bond donors (Lipinski definition) is 1. The SMILES string of the molecule is COc1ccc(OCCNC(=O)C2CC2C(=O)N2CCN(C)CC2)cc1. The Morgan fingerprint density at radius 3 is 2.38 bits per heavy atom. The molecule has 2 amide bonds. The van der Waals surface area contributed by atoms with E-state index >= 15 is 0 Å². The molecule has 0 bridgehead atoms. The van der Waals surface area contributed by atoms with E-state index in [0.717, 1.165) is 37.7 Å². The van der Waals surface area contributed by atoms with Crippen molar-refractivity contribution in [3.8, 4) is 11.5 Å². The Balaban J connectivity index is 1.33. The number of carbonyl (C=O) groups excluding carboxylic acids is 2. The first-order valence-corrected chi connectivity index (χ1v) is 9.10. The topological polar surface area (TPSA) is 71.1 Å². The molecule has 2 atom stereocenters. The summed E-state index contributed by atoms with van der Waals surface area (Å²) in [5, 5.41) is 2.86. The van der Waals surface area contributed by atoms with Crippen molar-refractivity contribution in [1.29, 1.82) is 0 Å². The van der Waals surface area contributed by atoms with Gasteiger partial charge in [-0.25, -0.2) is 0 Å². The number of amides is 2. The molecule has 2 aliphatic rings. The molecule has 3 rings (SSSR count). The van der Waals surface area contributed by atoms with E-state index in [2.05, 4.69) is 17.3 Å². The zero-order chi connectivity index (χ0) is 18.5. The second-order valence-electron chi connectivity index (χ2n) is 6.89. The first-order valence-electron chi connectivity index (χ1n) is 9.10. The third-order valence-corrected chi connectivity index (χ3v) is 4.99. The molecule has 1 aliphatic heterocycles. The third kappa shape index (κ3) is 4.66. The predicted molar refractivity (Wildman–Crippen MR) is 97.2 cm³/mol. The quantitative estimate of drug-likeness (QED) is 0.720. The normalized spacial score (nSPS) is 22.6. The average Bonchev–Trinajstić information content (AvgIpc) is 3.46. The fourth-order valence-electron chi connectivity index (χ4n) is 3.17. The molecular weight excluding hydrogens is 334 g/mol. The van der Waals surface area contributed by atoms with Gasteiger partial charge in [-0.3, -0.25) is 9.59 Å². The molecule has 7 nitrogen and oxygen atoms in total. The second-order valence-corrected chi connectivity index (χ2v) is 6.89. The maximum atomic E-state index is 12.4. The third-order valence-electron chi connectivity index (χ3n) is 4.99. The predicted octanol–water partition coefficient (Wildman–Crippen LogP) is 0.600. The highest BCUT2D eigenvalue weighted by Crippen LogP contribution is 2.40. The van der Waals surface area contributed by atoms with Gasteiger partial charge in [-0.2, -0.15) is 0 Å². The molecule has 2 fully saturated rings. The van der Waals surface area contributed by atoms with E-state index < -0.39 is 0 Å². The van der Waals surface area contributed by atoms with Crippen LogP contribution in [0.1, 0.15) is 6.42 Å². The van der Waals surface area contributed by atoms with Crippen molar-refractivity contribution in [3.63, 3.8) is 0 Å². The Morgan fingerprint density at radius 2 is 1.73 bits per heavy atom. The van der Waals surface area contributed by atoms with Crippen molar-refractivity contribution >= 4 is 11.8 Å². The van der Waals surface area contributed by atoms with Gasteiger partial charge in [0.15, 0.2) is 0 Å². The van der Waals surface area contributed by atoms with E-state index in [1.54, 1.807) is 7.11 Å². The number of hydrogen-bond acceptors (Lipinski definition) is 5. The second kappa shape index (κ2) is 8.40. The Morgan fingerprint density at radius 1 is 1.08 bits per heavy atom. The summed E-state index contributed by atoms with van der Waals surface area (Å²) in [5.41, 5.74) is 0. The van der Waals surface area contributed by atoms with Crippen LogP contribution in [0.25, 0.3) is 0 Å². The first kappa shape index (κ1) is 18.5. The van der Waals surface area contributed by atoms with Crippen molar-refractivity contribution in [3.05, 3.63) is 24.3 Å². The molecule has 2 unspecified atom stereocenters. The maximum absolute atomic E-state index is 12.4. The molecule has 1 saturated heterocycles. The van der Waals surface area contributed by atoms with E-state index in [4.69, 9.17) is 9.47 Å². The minimum atomic E-state index is -0.178. The van der Waals surface area contributed by atoms with Gasteiger partial charge < -0.3 is 24.6 Å². The summed E-state index contributed by atoms with van der Waals surface area (Å²) in [5.74, 6) is 1.28. The van der Waals surface area contributed by atoms with Crippen LogP contribution in [0.15, 0.2) is 24.3 Å². The van der Waals surface area contributed by atoms with E-state index in [1.165, 1.54) is 0 Å². The van der Waals surface area contributed by atoms with Crippen LogP contribution in [0.3, 0.4) is 0 Å². The molecule has 1 aromatic rings. The zero-order valence-corrected chi connectivity index (χ0v) is 15.4. The Kier molecular flexibility index (Phi) is 5.98. The molecule has 26 heavy (non-hydrogen) atoms. The van der Waals surface area contributed by atoms with Gasteiger partial charge >= 0.3 is 0 Å². The van der Waals surface area contributed by atoms with Crippen LogP contribution in [0.5, 0.6) is 11.5 Å². The van der Waals surface area contributed by atoms with Crippen molar-refractivity contribution in [2.45, 2.75) is 6.42 Å². The highest BCUT2D eigenvalue weighted by atomic mass is 16.5. The van der Waals surface area contributed by atoms with Crippen molar-refractivity contribution in [1.82, 2.24) is 15.1 Å². The Hall–Kier alpha value is -2.28. The largest absolute Gasteiger partial charge is 0.497 e. The smallest absolute Gasteiger partial charge is 0.226 e. The van der Waals surface area contributed by atoms with Crippen molar-refractivity contribution < 1.29 is 19.1 Å². The van der Waals surface area contributed by atoms with Gasteiger partial charge in [0.25, 0.3) is 0 Å². The molecule has 1 saturated carbocycles. The minimum absolute atomic E-state index is 0.0455. The molecule has 1 N–H and O–H groups in total. The van der Waals surface area contributed by atoms with Crippen molar-refractivity contribution in [2.75, 3.05) is 53.5 Å². The molecular formula is C19H27N3O4. The van der Waals surface area contributed by atoms with Gasteiger partial charge in [0.2, 0.25) is 11.8 Å². The lowest BCUT2D eigenvalue weighted by Gasteiger charge is -2.32. The van der Waals surface area contributed by atoms with E-state index in [0.29, 0.717) is 19.6 Å². The highest BCUT2D eigenvalue weighted by Gasteiger charge is 2.49. The number of carbonyl (C=O) groups is 2. The van der Waals surface area contributed by atoms with Crippen LogP contribution in [0.4, 0.5) is 0 Å². The summed E-state index contributed by atoms with van der Waals surface area (Å²) in [7, 11) is 3.67. The number of piperazine rings is 1. The van der Waals surface area contributed by atoms with Gasteiger partial charge in [-0.15, -0.1) is 0 Å². The summed E-state index contributed by atoms with van der Waals surface area (Å²) in [4.78, 5) is 28.7. The molecule has 1 aromatic carbocycles. The van der Waals surface area contributed by atoms with E-state index in [9.17, 15) is 9.59 Å². The van der Waals surface area contributed by atoms with E-state index in [1.807, 2.05) is 29.2 Å². The van der Waals surface area contributed by atoms with Gasteiger partial charge in [-0.05, 0) is 37.7 Å². The van der Waals surface area contributed by atoms with Crippen LogP contribution in [-0.2, 0) is 9.59 Å². The Labute approximate surface area is 154 Å². The number of methoxy groups -OCH3 is 1. The van der Waals surface area contributed by atoms with Crippen LogP contribution in [-0.4, -0.2) is 75.1 Å². The Bertz CT molecular complexity index is 626. The van der Waals surface area contributed by atoms with Crippen LogP contribution in [0.2, 0.25) is 0 Å². The summed E-state index contributed by atoms with van der Waals surface area (Å²) < 4.78 is 10.7. The summed E-state index contributed by atoms with van der Waals surface area (Å²) in [6, 6.07) is 7.30. The van der Waals surface area contributed by atoms with Crippen LogP contribution in [0, 0.1) is 11.8 Å². The van der Waals surface area contributed by atoms with Gasteiger partial charge in [0.1, 0.15) is 18.1 Å². The molecule has 1 heterocycles. The molecule has 0 radical (unpaired) electrons. The minimum Gasteiger partial charge on any atom is -0.497 e. The summed E-state index contributed by atoms with van der Waals surface area (Å²) >= 11 is 0. The number of likely N-dealkylation sites (N-methyl/N-ethyl adjacent to an activating group) is 1. The molecule has 0 aromatic heterocycles. The fourth-order valence-corrected chi connectivity index (χ4v) is 3.17. The zero-order valence-electron chi connectivity index (χ0n) is 15.4. The molecule has 7 heteroatoms. The molecule has 142 valence electrons. The fraction of sp³-hybridized carbons (Fsp3) is 0.579. The average molecular weight is 361 g/mol. The van der Waals surface area contributed by atoms with Gasteiger partial charge in [0, 0.05) is 26.2 Å². The van der Waals surface area contributed by atoms with E-state index in [-0.39, 0.29) is 23.7 Å². The summed E-state index contributed by atoms with van der Waals surface area (Å²) in [6.45, 7) is 4.14. The monoisotopic (exact) mass is 361 g/mol. The number of benzene rings is 1. The number of nitrogens with zero attached hydrogens (tertiary/aromatic N) is 2. The highest BCUT2D eigenvalue weighted by molar-refractivity contribution is 5.92. The molecule has 1 aliphatic carbocycles. The first-order chi connectivity index (χ1) is 12.6. The molecule has 0 spiro atoms. The van der Waals surface area contributed by atoms with Gasteiger partial charge in [0.05, 0.1) is 25.5 Å². The number of rotatable bonds is 7. The van der Waals surface area contributed by atoms with Gasteiger partial charge in [-0.1, -0.05) is 0 Å². The number of nitrogens with one attached hydrogen (secondary N) is 1. The lowest BCUT2D eigenvalue weighted by atomic mass is 10.2. The van der Waals surface area contributed by atoms with Crippen LogP contribution >= 0.6 is 0 Å². The summed E-state index contributed by atoms with van der Waals surface area (Å²) in [6.07, 6.45) is 0.663. The van der Waals surface area contributed by atoms with Crippen molar-refractivity contribution in [2.24, 2.45) is 11.8 Å². The maximum Gasteiger partial charge on any atom is 0.226 e. The lowest BCUT2D eigenvalue weighted by Crippen LogP contribution is -2.48.